The molecular weight excluding hydrogens is 188 g/mol. The first-order valence-electron chi connectivity index (χ1n) is 5.73. The largest absolute Gasteiger partial charge is 0.355 e. The molecule has 0 rings (SSSR count). The van der Waals surface area contributed by atoms with Gasteiger partial charge in [0.1, 0.15) is 0 Å². The number of rotatable bonds is 6. The number of amides is 1. The molecule has 1 N–H and O–H groups in total. The van der Waals surface area contributed by atoms with Crippen LogP contribution in [0.4, 0.5) is 0 Å². The minimum Gasteiger partial charge on any atom is -0.355 e. The first-order valence-corrected chi connectivity index (χ1v) is 5.73. The molecular formula is C12H26N2O. The summed E-state index contributed by atoms with van der Waals surface area (Å²) >= 11 is 0. The molecule has 1 amide bonds. The van der Waals surface area contributed by atoms with Gasteiger partial charge in [0.25, 0.3) is 0 Å². The lowest BCUT2D eigenvalue weighted by Gasteiger charge is -2.17. The maximum atomic E-state index is 11.4. The van der Waals surface area contributed by atoms with E-state index in [9.17, 15) is 4.79 Å². The Hall–Kier alpha value is -0.570. The van der Waals surface area contributed by atoms with Crippen molar-refractivity contribution in [2.75, 3.05) is 27.2 Å². The average Bonchev–Trinajstić information content (AvgIpc) is 2.00. The van der Waals surface area contributed by atoms with Gasteiger partial charge in [0.15, 0.2) is 0 Å². The van der Waals surface area contributed by atoms with Crippen LogP contribution in [0, 0.1) is 5.41 Å². The molecule has 15 heavy (non-hydrogen) atoms. The quantitative estimate of drug-likeness (QED) is 0.732. The van der Waals surface area contributed by atoms with Gasteiger partial charge in [-0.25, -0.2) is 0 Å². The van der Waals surface area contributed by atoms with E-state index in [4.69, 9.17) is 0 Å². The van der Waals surface area contributed by atoms with Crippen molar-refractivity contribution < 1.29 is 4.79 Å². The van der Waals surface area contributed by atoms with Crippen LogP contribution in [0.15, 0.2) is 0 Å². The van der Waals surface area contributed by atoms with Crippen molar-refractivity contribution in [1.29, 1.82) is 0 Å². The topological polar surface area (TPSA) is 32.3 Å². The summed E-state index contributed by atoms with van der Waals surface area (Å²) in [6.45, 7) is 8.28. The summed E-state index contributed by atoms with van der Waals surface area (Å²) < 4.78 is 0. The van der Waals surface area contributed by atoms with Gasteiger partial charge in [-0.2, -0.15) is 0 Å². The van der Waals surface area contributed by atoms with Crippen molar-refractivity contribution in [1.82, 2.24) is 10.2 Å². The highest BCUT2D eigenvalue weighted by Crippen LogP contribution is 2.21. The summed E-state index contributed by atoms with van der Waals surface area (Å²) in [6.07, 6.45) is 2.75. The van der Waals surface area contributed by atoms with Crippen molar-refractivity contribution in [3.05, 3.63) is 0 Å². The van der Waals surface area contributed by atoms with E-state index < -0.39 is 0 Å². The molecule has 3 heteroatoms. The van der Waals surface area contributed by atoms with Crippen molar-refractivity contribution in [3.8, 4) is 0 Å². The number of nitrogens with one attached hydrogen (secondary N) is 1. The Bertz CT molecular complexity index is 183. The van der Waals surface area contributed by atoms with E-state index in [1.807, 2.05) is 14.1 Å². The molecule has 0 aliphatic rings. The molecule has 0 saturated heterocycles. The summed E-state index contributed by atoms with van der Waals surface area (Å²) in [5.74, 6) is 0.182. The molecule has 0 saturated carbocycles. The highest BCUT2D eigenvalue weighted by molar-refractivity contribution is 5.75. The van der Waals surface area contributed by atoms with E-state index >= 15 is 0 Å². The number of hydrogen-bond acceptors (Lipinski definition) is 2. The van der Waals surface area contributed by atoms with Gasteiger partial charge < -0.3 is 10.2 Å². The van der Waals surface area contributed by atoms with Crippen molar-refractivity contribution in [2.45, 2.75) is 40.0 Å². The molecule has 0 aromatic heterocycles. The van der Waals surface area contributed by atoms with Crippen LogP contribution >= 0.6 is 0 Å². The van der Waals surface area contributed by atoms with E-state index in [0.717, 1.165) is 25.9 Å². The Morgan fingerprint density at radius 1 is 1.27 bits per heavy atom. The normalized spacial score (nSPS) is 11.9. The minimum atomic E-state index is 0.182. The molecule has 3 nitrogen and oxygen atoms in total. The molecule has 0 aliphatic carbocycles. The molecule has 0 fully saturated rings. The summed E-state index contributed by atoms with van der Waals surface area (Å²) in [5.41, 5.74) is 0.337. The van der Waals surface area contributed by atoms with E-state index in [1.54, 1.807) is 0 Å². The van der Waals surface area contributed by atoms with Gasteiger partial charge in [-0.15, -0.1) is 0 Å². The summed E-state index contributed by atoms with van der Waals surface area (Å²) in [6, 6.07) is 0. The molecule has 0 unspecified atom stereocenters. The molecule has 0 aliphatic heterocycles. The van der Waals surface area contributed by atoms with Crippen LogP contribution in [0.25, 0.3) is 0 Å². The zero-order valence-corrected chi connectivity index (χ0v) is 10.9. The lowest BCUT2D eigenvalue weighted by atomic mass is 9.90. The number of likely N-dealkylation sites (N-methyl/N-ethyl adjacent to an activating group) is 1. The SMILES string of the molecule is CN(C)CCNC(=O)CCCC(C)(C)C. The lowest BCUT2D eigenvalue weighted by molar-refractivity contribution is -0.121. The molecule has 0 bridgehead atoms. The van der Waals surface area contributed by atoms with E-state index in [-0.39, 0.29) is 5.91 Å². The van der Waals surface area contributed by atoms with Crippen molar-refractivity contribution in [2.24, 2.45) is 5.41 Å². The van der Waals surface area contributed by atoms with Crippen LogP contribution in [0.1, 0.15) is 40.0 Å². The highest BCUT2D eigenvalue weighted by Gasteiger charge is 2.10. The fourth-order valence-electron chi connectivity index (χ4n) is 1.29. The summed E-state index contributed by atoms with van der Waals surface area (Å²) in [4.78, 5) is 13.4. The predicted octanol–water partition coefficient (Wildman–Crippen LogP) is 1.88. The van der Waals surface area contributed by atoms with Crippen LogP contribution in [0.3, 0.4) is 0 Å². The lowest BCUT2D eigenvalue weighted by Crippen LogP contribution is -2.31. The monoisotopic (exact) mass is 214 g/mol. The maximum absolute atomic E-state index is 11.4. The second-order valence-electron chi connectivity index (χ2n) is 5.57. The molecule has 0 aromatic carbocycles. The van der Waals surface area contributed by atoms with Gasteiger partial charge >= 0.3 is 0 Å². The smallest absolute Gasteiger partial charge is 0.220 e. The van der Waals surface area contributed by atoms with E-state index in [1.165, 1.54) is 0 Å². The molecule has 0 atom stereocenters. The number of carbonyl (C=O) groups excluding carboxylic acids is 1. The van der Waals surface area contributed by atoms with Gasteiger partial charge in [-0.3, -0.25) is 4.79 Å². The fraction of sp³-hybridized carbons (Fsp3) is 0.917. The summed E-state index contributed by atoms with van der Waals surface area (Å²) in [7, 11) is 4.01. The maximum Gasteiger partial charge on any atom is 0.220 e. The number of hydrogen-bond donors (Lipinski definition) is 1. The average molecular weight is 214 g/mol. The third kappa shape index (κ3) is 11.4. The minimum absolute atomic E-state index is 0.182. The van der Waals surface area contributed by atoms with Crippen molar-refractivity contribution in [3.63, 3.8) is 0 Å². The predicted molar refractivity (Wildman–Crippen MR) is 64.9 cm³/mol. The first kappa shape index (κ1) is 14.4. The Morgan fingerprint density at radius 2 is 1.87 bits per heavy atom. The van der Waals surface area contributed by atoms with Crippen LogP contribution in [-0.2, 0) is 4.79 Å². The first-order chi connectivity index (χ1) is 6.81. The highest BCUT2D eigenvalue weighted by atomic mass is 16.1. The van der Waals surface area contributed by atoms with Crippen LogP contribution < -0.4 is 5.32 Å². The molecule has 90 valence electrons. The Kier molecular flexibility index (Phi) is 6.57. The van der Waals surface area contributed by atoms with Crippen LogP contribution in [0.5, 0.6) is 0 Å². The van der Waals surface area contributed by atoms with Gasteiger partial charge in [0, 0.05) is 19.5 Å². The van der Waals surface area contributed by atoms with E-state index in [0.29, 0.717) is 11.8 Å². The van der Waals surface area contributed by atoms with Gasteiger partial charge in [0.05, 0.1) is 0 Å². The van der Waals surface area contributed by atoms with Crippen LogP contribution in [-0.4, -0.2) is 38.0 Å². The molecule has 0 heterocycles. The molecule has 0 spiro atoms. The summed E-state index contributed by atoms with van der Waals surface area (Å²) in [5, 5.41) is 2.92. The Balaban J connectivity index is 3.42. The van der Waals surface area contributed by atoms with Gasteiger partial charge in [-0.1, -0.05) is 20.8 Å². The molecule has 0 radical (unpaired) electrons. The van der Waals surface area contributed by atoms with Crippen LogP contribution in [0.2, 0.25) is 0 Å². The number of carbonyl (C=O) groups is 1. The number of nitrogens with zero attached hydrogens (tertiary/aromatic N) is 1. The third-order valence-corrected chi connectivity index (χ3v) is 2.21. The Morgan fingerprint density at radius 3 is 2.33 bits per heavy atom. The van der Waals surface area contributed by atoms with Crippen molar-refractivity contribution >= 4 is 5.91 Å². The zero-order chi connectivity index (χ0) is 11.9. The third-order valence-electron chi connectivity index (χ3n) is 2.21. The second kappa shape index (κ2) is 6.83. The Labute approximate surface area is 94.2 Å². The van der Waals surface area contributed by atoms with Gasteiger partial charge in [0.2, 0.25) is 5.91 Å². The second-order valence-corrected chi connectivity index (χ2v) is 5.57. The molecule has 0 aromatic rings. The standard InChI is InChI=1S/C12H26N2O/c1-12(2,3)8-6-7-11(15)13-9-10-14(4)5/h6-10H2,1-5H3,(H,13,15). The van der Waals surface area contributed by atoms with E-state index in [2.05, 4.69) is 31.0 Å². The zero-order valence-electron chi connectivity index (χ0n) is 10.9. The van der Waals surface area contributed by atoms with Gasteiger partial charge in [-0.05, 0) is 32.4 Å². The fourth-order valence-corrected chi connectivity index (χ4v) is 1.29.